The number of urea groups is 1. The number of hydrogen-bond donors (Lipinski definition) is 1. The van der Waals surface area contributed by atoms with Crippen molar-refractivity contribution in [3.8, 4) is 0 Å². The molecule has 0 bridgehead atoms. The highest BCUT2D eigenvalue weighted by atomic mass is 16.2. The normalized spacial score (nSPS) is 16.5. The average molecular weight is 261 g/mol. The van der Waals surface area contributed by atoms with Crippen LogP contribution in [0.1, 0.15) is 31.7 Å². The van der Waals surface area contributed by atoms with Gasteiger partial charge < -0.3 is 10.6 Å². The van der Waals surface area contributed by atoms with Gasteiger partial charge in [0.25, 0.3) is 0 Å². The molecule has 19 heavy (non-hydrogen) atoms. The Bertz CT molecular complexity index is 445. The molecule has 0 aromatic heterocycles. The molecule has 2 amide bonds. The average Bonchev–Trinajstić information content (AvgIpc) is 2.38. The SMILES string of the molecule is CC(N)CCCCN1C(=O)N(C)Cc2ccccc21. The van der Waals surface area contributed by atoms with Crippen molar-refractivity contribution >= 4 is 11.7 Å². The molecule has 2 rings (SSSR count). The van der Waals surface area contributed by atoms with Gasteiger partial charge in [0.15, 0.2) is 0 Å². The maximum absolute atomic E-state index is 12.2. The van der Waals surface area contributed by atoms with E-state index in [1.54, 1.807) is 4.90 Å². The van der Waals surface area contributed by atoms with Crippen LogP contribution in [0.4, 0.5) is 10.5 Å². The molecule has 2 N–H and O–H groups in total. The molecular formula is C15H23N3O. The van der Waals surface area contributed by atoms with Crippen LogP contribution >= 0.6 is 0 Å². The number of nitrogens with zero attached hydrogens (tertiary/aromatic N) is 2. The summed E-state index contributed by atoms with van der Waals surface area (Å²) in [5, 5.41) is 0. The second kappa shape index (κ2) is 6.06. The van der Waals surface area contributed by atoms with Gasteiger partial charge >= 0.3 is 6.03 Å². The van der Waals surface area contributed by atoms with Crippen molar-refractivity contribution in [2.75, 3.05) is 18.5 Å². The zero-order valence-electron chi connectivity index (χ0n) is 11.8. The maximum Gasteiger partial charge on any atom is 0.324 e. The van der Waals surface area contributed by atoms with E-state index in [1.165, 1.54) is 5.56 Å². The maximum atomic E-state index is 12.2. The van der Waals surface area contributed by atoms with Gasteiger partial charge in [-0.3, -0.25) is 4.90 Å². The molecule has 4 heteroatoms. The summed E-state index contributed by atoms with van der Waals surface area (Å²) in [4.78, 5) is 15.9. The second-order valence-corrected chi connectivity index (χ2v) is 5.39. The first-order valence-electron chi connectivity index (χ1n) is 6.95. The zero-order chi connectivity index (χ0) is 13.8. The summed E-state index contributed by atoms with van der Waals surface area (Å²) in [7, 11) is 1.85. The Balaban J connectivity index is 2.03. The lowest BCUT2D eigenvalue weighted by Crippen LogP contribution is -2.45. The van der Waals surface area contributed by atoms with Gasteiger partial charge in [-0.15, -0.1) is 0 Å². The van der Waals surface area contributed by atoms with E-state index < -0.39 is 0 Å². The first kappa shape index (κ1) is 13.9. The number of carbonyl (C=O) groups excluding carboxylic acids is 1. The molecule has 4 nitrogen and oxygen atoms in total. The number of amides is 2. The van der Waals surface area contributed by atoms with Crippen LogP contribution in [0.5, 0.6) is 0 Å². The Morgan fingerprint density at radius 1 is 1.32 bits per heavy atom. The van der Waals surface area contributed by atoms with Crippen molar-refractivity contribution < 1.29 is 4.79 Å². The molecule has 1 unspecified atom stereocenters. The van der Waals surface area contributed by atoms with Gasteiger partial charge in [0.05, 0.1) is 5.69 Å². The van der Waals surface area contributed by atoms with Crippen LogP contribution in [0.25, 0.3) is 0 Å². The fourth-order valence-electron chi connectivity index (χ4n) is 2.49. The van der Waals surface area contributed by atoms with Gasteiger partial charge in [-0.2, -0.15) is 0 Å². The van der Waals surface area contributed by atoms with Crippen molar-refractivity contribution in [3.05, 3.63) is 29.8 Å². The largest absolute Gasteiger partial charge is 0.328 e. The summed E-state index contributed by atoms with van der Waals surface area (Å²) in [6, 6.07) is 8.48. The quantitative estimate of drug-likeness (QED) is 0.828. The summed E-state index contributed by atoms with van der Waals surface area (Å²) in [5.74, 6) is 0. The smallest absolute Gasteiger partial charge is 0.324 e. The van der Waals surface area contributed by atoms with Crippen LogP contribution in [0.3, 0.4) is 0 Å². The molecule has 1 atom stereocenters. The van der Waals surface area contributed by atoms with Crippen molar-refractivity contribution in [3.63, 3.8) is 0 Å². The Morgan fingerprint density at radius 3 is 2.79 bits per heavy atom. The monoisotopic (exact) mass is 261 g/mol. The lowest BCUT2D eigenvalue weighted by atomic mass is 10.1. The van der Waals surface area contributed by atoms with Crippen molar-refractivity contribution in [2.45, 2.75) is 38.8 Å². The fraction of sp³-hybridized carbons (Fsp3) is 0.533. The summed E-state index contributed by atoms with van der Waals surface area (Å²) in [5.41, 5.74) is 8.03. The molecule has 1 heterocycles. The third kappa shape index (κ3) is 3.26. The molecule has 1 aromatic carbocycles. The minimum atomic E-state index is 0.0968. The van der Waals surface area contributed by atoms with E-state index in [1.807, 2.05) is 37.1 Å². The molecule has 0 aliphatic carbocycles. The van der Waals surface area contributed by atoms with E-state index >= 15 is 0 Å². The van der Waals surface area contributed by atoms with Gasteiger partial charge in [0.1, 0.15) is 0 Å². The van der Waals surface area contributed by atoms with Gasteiger partial charge in [-0.1, -0.05) is 24.6 Å². The highest BCUT2D eigenvalue weighted by Crippen LogP contribution is 2.27. The van der Waals surface area contributed by atoms with Crippen molar-refractivity contribution in [2.24, 2.45) is 5.73 Å². The van der Waals surface area contributed by atoms with Gasteiger partial charge in [0.2, 0.25) is 0 Å². The van der Waals surface area contributed by atoms with E-state index in [0.717, 1.165) is 31.5 Å². The minimum Gasteiger partial charge on any atom is -0.328 e. The van der Waals surface area contributed by atoms with Crippen LogP contribution in [-0.4, -0.2) is 30.6 Å². The number of anilines is 1. The molecule has 1 aliphatic rings. The summed E-state index contributed by atoms with van der Waals surface area (Å²) >= 11 is 0. The van der Waals surface area contributed by atoms with E-state index in [2.05, 4.69) is 6.07 Å². The lowest BCUT2D eigenvalue weighted by Gasteiger charge is -2.35. The Hall–Kier alpha value is -1.55. The zero-order valence-corrected chi connectivity index (χ0v) is 11.8. The van der Waals surface area contributed by atoms with E-state index in [4.69, 9.17) is 5.73 Å². The van der Waals surface area contributed by atoms with Crippen molar-refractivity contribution in [1.29, 1.82) is 0 Å². The number of para-hydroxylation sites is 1. The standard InChI is InChI=1S/C15H23N3O/c1-12(16)7-5-6-10-18-14-9-4-3-8-13(14)11-17(2)15(18)19/h3-4,8-9,12H,5-7,10-11,16H2,1-2H3. The molecule has 1 aliphatic heterocycles. The Labute approximate surface area is 115 Å². The van der Waals surface area contributed by atoms with Crippen LogP contribution in [0.2, 0.25) is 0 Å². The van der Waals surface area contributed by atoms with Crippen molar-refractivity contribution in [1.82, 2.24) is 4.90 Å². The number of fused-ring (bicyclic) bond motifs is 1. The van der Waals surface area contributed by atoms with Gasteiger partial charge in [-0.05, 0) is 31.4 Å². The van der Waals surface area contributed by atoms with E-state index in [-0.39, 0.29) is 12.1 Å². The number of benzene rings is 1. The molecular weight excluding hydrogens is 238 g/mol. The molecule has 0 spiro atoms. The van der Waals surface area contributed by atoms with Crippen LogP contribution in [-0.2, 0) is 6.54 Å². The summed E-state index contributed by atoms with van der Waals surface area (Å²) in [6.45, 7) is 3.49. The third-order valence-corrected chi connectivity index (χ3v) is 3.54. The first-order valence-corrected chi connectivity index (χ1v) is 6.95. The molecule has 0 saturated heterocycles. The lowest BCUT2D eigenvalue weighted by molar-refractivity contribution is 0.210. The first-order chi connectivity index (χ1) is 9.09. The number of rotatable bonds is 5. The molecule has 0 fully saturated rings. The van der Waals surface area contributed by atoms with Crippen LogP contribution in [0, 0.1) is 0 Å². The van der Waals surface area contributed by atoms with Gasteiger partial charge in [0, 0.05) is 26.2 Å². The highest BCUT2D eigenvalue weighted by Gasteiger charge is 2.26. The number of carbonyl (C=O) groups is 1. The van der Waals surface area contributed by atoms with Gasteiger partial charge in [-0.25, -0.2) is 4.79 Å². The van der Waals surface area contributed by atoms with Crippen LogP contribution < -0.4 is 10.6 Å². The van der Waals surface area contributed by atoms with Crippen LogP contribution in [0.15, 0.2) is 24.3 Å². The summed E-state index contributed by atoms with van der Waals surface area (Å²) in [6.07, 6.45) is 3.07. The number of hydrogen-bond acceptors (Lipinski definition) is 2. The predicted octanol–water partition coefficient (Wildman–Crippen LogP) is 2.58. The number of nitrogens with two attached hydrogens (primary N) is 1. The molecule has 104 valence electrons. The Morgan fingerprint density at radius 2 is 2.05 bits per heavy atom. The fourth-order valence-corrected chi connectivity index (χ4v) is 2.49. The third-order valence-electron chi connectivity index (χ3n) is 3.54. The molecule has 0 saturated carbocycles. The Kier molecular flexibility index (Phi) is 4.43. The topological polar surface area (TPSA) is 49.6 Å². The minimum absolute atomic E-state index is 0.0968. The molecule has 0 radical (unpaired) electrons. The van der Waals surface area contributed by atoms with E-state index in [9.17, 15) is 4.79 Å². The summed E-state index contributed by atoms with van der Waals surface area (Å²) < 4.78 is 0. The second-order valence-electron chi connectivity index (χ2n) is 5.39. The highest BCUT2D eigenvalue weighted by molar-refractivity contribution is 5.94. The van der Waals surface area contributed by atoms with E-state index in [0.29, 0.717) is 6.54 Å². The predicted molar refractivity (Wildman–Crippen MR) is 78.2 cm³/mol. The number of unbranched alkanes of at least 4 members (excludes halogenated alkanes) is 1. The molecule has 1 aromatic rings.